The summed E-state index contributed by atoms with van der Waals surface area (Å²) in [7, 11) is 0. The summed E-state index contributed by atoms with van der Waals surface area (Å²) in [6, 6.07) is 13.4. The van der Waals surface area contributed by atoms with Crippen LogP contribution in [0.3, 0.4) is 0 Å². The largest absolute Gasteiger partial charge is 0.148 e. The molecule has 0 N–H and O–H groups in total. The van der Waals surface area contributed by atoms with E-state index in [0.717, 1.165) is 25.7 Å². The van der Waals surface area contributed by atoms with Crippen LogP contribution in [0.4, 0.5) is 0 Å². The van der Waals surface area contributed by atoms with Crippen LogP contribution < -0.4 is 0 Å². The van der Waals surface area contributed by atoms with Gasteiger partial charge in [-0.3, -0.25) is 0 Å². The van der Waals surface area contributed by atoms with Crippen LogP contribution in [0.15, 0.2) is 47.9 Å². The molecule has 0 saturated heterocycles. The van der Waals surface area contributed by atoms with E-state index in [2.05, 4.69) is 54.8 Å². The van der Waals surface area contributed by atoms with Gasteiger partial charge in [-0.2, -0.15) is 0 Å². The van der Waals surface area contributed by atoms with Crippen LogP contribution in [-0.2, 0) is 6.42 Å². The smallest absolute Gasteiger partial charge is 0.0190 e. The number of hydrogen-bond acceptors (Lipinski definition) is 2. The van der Waals surface area contributed by atoms with E-state index in [4.69, 9.17) is 12.2 Å². The maximum atomic E-state index is 5.74. The van der Waals surface area contributed by atoms with Crippen molar-refractivity contribution in [1.29, 1.82) is 0 Å². The lowest BCUT2D eigenvalue weighted by molar-refractivity contribution is 0.614. The van der Waals surface area contributed by atoms with Crippen LogP contribution in [0.25, 0.3) is 5.57 Å². The molecule has 0 radical (unpaired) electrons. The van der Waals surface area contributed by atoms with Crippen molar-refractivity contribution in [3.8, 4) is 0 Å². The third kappa shape index (κ3) is 5.86. The van der Waals surface area contributed by atoms with E-state index in [-0.39, 0.29) is 0 Å². The van der Waals surface area contributed by atoms with E-state index in [0.29, 0.717) is 5.92 Å². The Kier molecular flexibility index (Phi) is 8.29. The summed E-state index contributed by atoms with van der Waals surface area (Å²) in [5.74, 6) is 0.496. The van der Waals surface area contributed by atoms with Gasteiger partial charge in [-0.1, -0.05) is 87.7 Å². The number of allylic oxidation sites excluding steroid dienone is 2. The average molecular weight is 397 g/mol. The molecule has 3 rings (SSSR count). The molecule has 1 aliphatic carbocycles. The third-order valence-electron chi connectivity index (χ3n) is 5.65. The van der Waals surface area contributed by atoms with E-state index in [1.54, 1.807) is 0 Å². The predicted octanol–water partition coefficient (Wildman–Crippen LogP) is 8.37. The van der Waals surface area contributed by atoms with Gasteiger partial charge in [0.15, 0.2) is 0 Å². The summed E-state index contributed by atoms with van der Waals surface area (Å²) in [6.07, 6.45) is 15.0. The standard InChI is InChI=1S/C25H32S2/c1-2-3-4-5-6-7-12-21(26)16-18-24(25-14-10-19-27-25)23-17-15-20-11-8-9-13-22(20)23/h8-11,13-14,17,19,24H,2-7,12,15-16,18H2,1H3. The maximum Gasteiger partial charge on any atom is 0.0190 e. The van der Waals surface area contributed by atoms with Gasteiger partial charge in [-0.15, -0.1) is 11.3 Å². The van der Waals surface area contributed by atoms with Gasteiger partial charge in [0, 0.05) is 10.8 Å². The number of thiophene rings is 1. The van der Waals surface area contributed by atoms with Crippen LogP contribution in [0.1, 0.15) is 86.6 Å². The van der Waals surface area contributed by atoms with E-state index in [1.807, 2.05) is 11.3 Å². The highest BCUT2D eigenvalue weighted by atomic mass is 32.1. The summed E-state index contributed by atoms with van der Waals surface area (Å²) in [6.45, 7) is 2.28. The number of hydrogen-bond donors (Lipinski definition) is 0. The molecule has 1 aromatic heterocycles. The molecule has 0 nitrogen and oxygen atoms in total. The van der Waals surface area contributed by atoms with Crippen LogP contribution in [0.5, 0.6) is 0 Å². The fourth-order valence-corrected chi connectivity index (χ4v) is 5.26. The molecular weight excluding hydrogens is 364 g/mol. The minimum absolute atomic E-state index is 0.496. The topological polar surface area (TPSA) is 0 Å². The summed E-state index contributed by atoms with van der Waals surface area (Å²) in [5, 5.41) is 2.21. The van der Waals surface area contributed by atoms with Gasteiger partial charge in [0.2, 0.25) is 0 Å². The first-order valence-electron chi connectivity index (χ1n) is 10.6. The second-order valence-electron chi connectivity index (χ2n) is 7.68. The summed E-state index contributed by atoms with van der Waals surface area (Å²) in [4.78, 5) is 2.76. The lowest BCUT2D eigenvalue weighted by atomic mass is 9.88. The zero-order valence-corrected chi connectivity index (χ0v) is 18.2. The first-order chi connectivity index (χ1) is 13.3. The molecule has 0 aliphatic heterocycles. The van der Waals surface area contributed by atoms with Gasteiger partial charge in [-0.25, -0.2) is 0 Å². The Morgan fingerprint density at radius 2 is 1.81 bits per heavy atom. The highest BCUT2D eigenvalue weighted by Gasteiger charge is 2.24. The Morgan fingerprint density at radius 3 is 2.63 bits per heavy atom. The Morgan fingerprint density at radius 1 is 1.00 bits per heavy atom. The molecule has 144 valence electrons. The van der Waals surface area contributed by atoms with Gasteiger partial charge in [0.1, 0.15) is 0 Å². The maximum absolute atomic E-state index is 5.74. The number of rotatable bonds is 12. The molecule has 0 saturated carbocycles. The molecule has 2 heteroatoms. The number of fused-ring (bicyclic) bond motifs is 1. The minimum atomic E-state index is 0.496. The van der Waals surface area contributed by atoms with E-state index >= 15 is 0 Å². The van der Waals surface area contributed by atoms with E-state index in [1.165, 1.54) is 65.0 Å². The monoisotopic (exact) mass is 396 g/mol. The van der Waals surface area contributed by atoms with Crippen LogP contribution in [0.2, 0.25) is 0 Å². The van der Waals surface area contributed by atoms with Crippen LogP contribution >= 0.6 is 23.6 Å². The highest BCUT2D eigenvalue weighted by Crippen LogP contribution is 2.42. The van der Waals surface area contributed by atoms with Gasteiger partial charge in [-0.05, 0) is 65.1 Å². The zero-order valence-electron chi connectivity index (χ0n) is 16.6. The Balaban J connectivity index is 1.54. The lowest BCUT2D eigenvalue weighted by Crippen LogP contribution is -2.04. The van der Waals surface area contributed by atoms with Crippen LogP contribution in [-0.4, -0.2) is 4.86 Å². The molecule has 0 fully saturated rings. The van der Waals surface area contributed by atoms with Crippen molar-refractivity contribution in [1.82, 2.24) is 0 Å². The number of benzene rings is 1. The molecule has 1 atom stereocenters. The molecule has 2 aromatic rings. The first-order valence-corrected chi connectivity index (χ1v) is 11.9. The summed E-state index contributed by atoms with van der Waals surface area (Å²) < 4.78 is 0. The summed E-state index contributed by atoms with van der Waals surface area (Å²) in [5.41, 5.74) is 4.46. The second-order valence-corrected chi connectivity index (χ2v) is 9.24. The van der Waals surface area contributed by atoms with Crippen molar-refractivity contribution in [3.05, 3.63) is 63.9 Å². The second kappa shape index (κ2) is 10.9. The Labute approximate surface area is 174 Å². The van der Waals surface area contributed by atoms with Crippen molar-refractivity contribution < 1.29 is 0 Å². The molecule has 0 spiro atoms. The fourth-order valence-electron chi connectivity index (χ4n) is 4.11. The summed E-state index contributed by atoms with van der Waals surface area (Å²) >= 11 is 7.63. The Hall–Kier alpha value is -1.25. The molecular formula is C25H32S2. The molecule has 1 aliphatic rings. The van der Waals surface area contributed by atoms with Crippen LogP contribution in [0, 0.1) is 0 Å². The van der Waals surface area contributed by atoms with Crippen molar-refractivity contribution in [2.24, 2.45) is 0 Å². The zero-order chi connectivity index (χ0) is 18.9. The van der Waals surface area contributed by atoms with Crippen molar-refractivity contribution in [3.63, 3.8) is 0 Å². The van der Waals surface area contributed by atoms with Crippen molar-refractivity contribution >= 4 is 34.0 Å². The van der Waals surface area contributed by atoms with E-state index in [9.17, 15) is 0 Å². The van der Waals surface area contributed by atoms with Gasteiger partial charge in [0.25, 0.3) is 0 Å². The fraction of sp³-hybridized carbons (Fsp3) is 0.480. The van der Waals surface area contributed by atoms with Crippen molar-refractivity contribution in [2.75, 3.05) is 0 Å². The molecule has 27 heavy (non-hydrogen) atoms. The Bertz CT molecular complexity index is 739. The number of unbranched alkanes of at least 4 members (excludes halogenated alkanes) is 5. The first kappa shape index (κ1) is 20.5. The van der Waals surface area contributed by atoms with Gasteiger partial charge < -0.3 is 0 Å². The normalized spacial score (nSPS) is 14.0. The lowest BCUT2D eigenvalue weighted by Gasteiger charge is -2.19. The average Bonchev–Trinajstić information content (AvgIpc) is 3.36. The molecule has 1 aromatic carbocycles. The van der Waals surface area contributed by atoms with Gasteiger partial charge in [0.05, 0.1) is 0 Å². The minimum Gasteiger partial charge on any atom is -0.148 e. The van der Waals surface area contributed by atoms with Gasteiger partial charge >= 0.3 is 0 Å². The van der Waals surface area contributed by atoms with Crippen molar-refractivity contribution in [2.45, 2.75) is 77.0 Å². The number of thiocarbonyl (C=S) groups is 1. The van der Waals surface area contributed by atoms with E-state index < -0.39 is 0 Å². The molecule has 1 unspecified atom stereocenters. The molecule has 1 heterocycles. The SMILES string of the molecule is CCCCCCCCC(=S)CCC(C1=CCc2ccccc21)c1cccs1. The predicted molar refractivity (Wildman–Crippen MR) is 125 cm³/mol. The quantitative estimate of drug-likeness (QED) is 0.256. The highest BCUT2D eigenvalue weighted by molar-refractivity contribution is 7.80. The molecule has 0 amide bonds. The third-order valence-corrected chi connectivity index (χ3v) is 7.05. The molecule has 0 bridgehead atoms.